The van der Waals surface area contributed by atoms with Crippen molar-refractivity contribution in [2.45, 2.75) is 13.8 Å². The van der Waals surface area contributed by atoms with Crippen molar-refractivity contribution < 1.29 is 19.1 Å². The van der Waals surface area contributed by atoms with Crippen LogP contribution in [0.15, 0.2) is 73.1 Å². The lowest BCUT2D eigenvalue weighted by atomic mass is 10.1. The molecular formula is C25H24N2O4. The van der Waals surface area contributed by atoms with Crippen LogP contribution in [-0.4, -0.2) is 29.9 Å². The monoisotopic (exact) mass is 416 g/mol. The number of amides is 1. The Morgan fingerprint density at radius 2 is 1.87 bits per heavy atom. The smallest absolute Gasteiger partial charge is 0.262 e. The molecule has 0 aliphatic heterocycles. The van der Waals surface area contributed by atoms with Crippen molar-refractivity contribution in [3.8, 4) is 11.5 Å². The quantitative estimate of drug-likeness (QED) is 0.404. The fourth-order valence-corrected chi connectivity index (χ4v) is 2.84. The number of aryl methyl sites for hydroxylation is 1. The molecule has 3 aromatic rings. The van der Waals surface area contributed by atoms with Crippen LogP contribution >= 0.6 is 0 Å². The molecule has 1 amide bonds. The number of anilines is 1. The van der Waals surface area contributed by atoms with Crippen molar-refractivity contribution >= 4 is 23.5 Å². The van der Waals surface area contributed by atoms with Crippen LogP contribution in [0.4, 0.5) is 5.69 Å². The van der Waals surface area contributed by atoms with Crippen molar-refractivity contribution in [3.63, 3.8) is 0 Å². The first-order valence-corrected chi connectivity index (χ1v) is 9.94. The normalized spacial score (nSPS) is 10.6. The van der Waals surface area contributed by atoms with E-state index in [-0.39, 0.29) is 18.3 Å². The van der Waals surface area contributed by atoms with Crippen LogP contribution in [-0.2, 0) is 4.79 Å². The Balaban J connectivity index is 1.66. The molecule has 0 bridgehead atoms. The summed E-state index contributed by atoms with van der Waals surface area (Å²) in [6.07, 6.45) is 6.33. The van der Waals surface area contributed by atoms with E-state index in [0.29, 0.717) is 23.7 Å². The Kier molecular flexibility index (Phi) is 7.54. The Labute approximate surface area is 181 Å². The maximum Gasteiger partial charge on any atom is 0.262 e. The minimum absolute atomic E-state index is 0.140. The zero-order chi connectivity index (χ0) is 22.1. The number of rotatable bonds is 9. The highest BCUT2D eigenvalue weighted by atomic mass is 16.5. The number of nitrogens with zero attached hydrogens (tertiary/aromatic N) is 1. The van der Waals surface area contributed by atoms with E-state index in [2.05, 4.69) is 10.3 Å². The largest absolute Gasteiger partial charge is 0.490 e. The van der Waals surface area contributed by atoms with E-state index in [4.69, 9.17) is 9.47 Å². The maximum atomic E-state index is 12.3. The minimum Gasteiger partial charge on any atom is -0.490 e. The summed E-state index contributed by atoms with van der Waals surface area (Å²) in [5.74, 6) is 0.557. The van der Waals surface area contributed by atoms with Gasteiger partial charge in [0.05, 0.1) is 6.61 Å². The van der Waals surface area contributed by atoms with E-state index >= 15 is 0 Å². The SMILES string of the molecule is CCOc1cc(/C=C/C(=O)c2cccnc2)ccc1OCC(=O)Nc1ccccc1C. The summed E-state index contributed by atoms with van der Waals surface area (Å²) in [7, 11) is 0. The molecule has 0 aliphatic carbocycles. The lowest BCUT2D eigenvalue weighted by Gasteiger charge is -2.13. The van der Waals surface area contributed by atoms with Crippen LogP contribution in [0.5, 0.6) is 11.5 Å². The Bertz CT molecular complexity index is 1080. The van der Waals surface area contributed by atoms with Gasteiger partial charge in [-0.15, -0.1) is 0 Å². The second-order valence-electron chi connectivity index (χ2n) is 6.73. The number of benzene rings is 2. The standard InChI is InChI=1S/C25H24N2O4/c1-3-30-24-15-19(10-12-22(28)20-8-6-14-26-16-20)11-13-23(24)31-17-25(29)27-21-9-5-4-7-18(21)2/h4-16H,3,17H2,1-2H3,(H,27,29)/b12-10+. The number of carbonyl (C=O) groups is 2. The van der Waals surface area contributed by atoms with Gasteiger partial charge in [0.1, 0.15) is 0 Å². The molecule has 31 heavy (non-hydrogen) atoms. The molecule has 1 N–H and O–H groups in total. The second-order valence-corrected chi connectivity index (χ2v) is 6.73. The van der Waals surface area contributed by atoms with Crippen molar-refractivity contribution in [1.82, 2.24) is 4.98 Å². The molecule has 0 aliphatic rings. The van der Waals surface area contributed by atoms with Gasteiger partial charge >= 0.3 is 0 Å². The third kappa shape index (κ3) is 6.27. The molecule has 6 heteroatoms. The van der Waals surface area contributed by atoms with Gasteiger partial charge < -0.3 is 14.8 Å². The van der Waals surface area contributed by atoms with Gasteiger partial charge in [-0.25, -0.2) is 0 Å². The fraction of sp³-hybridized carbons (Fsp3) is 0.160. The van der Waals surface area contributed by atoms with Crippen LogP contribution < -0.4 is 14.8 Å². The molecule has 0 saturated heterocycles. The third-order valence-corrected chi connectivity index (χ3v) is 4.42. The summed E-state index contributed by atoms with van der Waals surface area (Å²) >= 11 is 0. The highest BCUT2D eigenvalue weighted by Crippen LogP contribution is 2.29. The number of hydrogen-bond donors (Lipinski definition) is 1. The van der Waals surface area contributed by atoms with Crippen molar-refractivity contribution in [2.24, 2.45) is 0 Å². The lowest BCUT2D eigenvalue weighted by Crippen LogP contribution is -2.20. The highest BCUT2D eigenvalue weighted by molar-refractivity contribution is 6.06. The van der Waals surface area contributed by atoms with Gasteiger partial charge in [-0.2, -0.15) is 0 Å². The second kappa shape index (κ2) is 10.7. The van der Waals surface area contributed by atoms with Crippen molar-refractivity contribution in [3.05, 3.63) is 89.8 Å². The summed E-state index contributed by atoms with van der Waals surface area (Å²) in [4.78, 5) is 28.4. The summed E-state index contributed by atoms with van der Waals surface area (Å²) in [5, 5.41) is 2.83. The van der Waals surface area contributed by atoms with E-state index in [1.807, 2.05) is 38.1 Å². The third-order valence-electron chi connectivity index (χ3n) is 4.42. The van der Waals surface area contributed by atoms with E-state index in [0.717, 1.165) is 16.8 Å². The van der Waals surface area contributed by atoms with Gasteiger partial charge in [-0.3, -0.25) is 14.6 Å². The highest BCUT2D eigenvalue weighted by Gasteiger charge is 2.10. The fourth-order valence-electron chi connectivity index (χ4n) is 2.84. The first-order chi connectivity index (χ1) is 15.1. The van der Waals surface area contributed by atoms with Gasteiger partial charge in [0.2, 0.25) is 0 Å². The van der Waals surface area contributed by atoms with Gasteiger partial charge in [-0.05, 0) is 61.4 Å². The number of hydrogen-bond acceptors (Lipinski definition) is 5. The van der Waals surface area contributed by atoms with E-state index in [1.165, 1.54) is 12.3 Å². The number of carbonyl (C=O) groups excluding carboxylic acids is 2. The molecule has 6 nitrogen and oxygen atoms in total. The number of ketones is 1. The zero-order valence-electron chi connectivity index (χ0n) is 17.5. The van der Waals surface area contributed by atoms with Crippen LogP contribution in [0.3, 0.4) is 0 Å². The lowest BCUT2D eigenvalue weighted by molar-refractivity contribution is -0.118. The van der Waals surface area contributed by atoms with Gasteiger partial charge in [-0.1, -0.05) is 30.3 Å². The van der Waals surface area contributed by atoms with E-state index in [9.17, 15) is 9.59 Å². The minimum atomic E-state index is -0.261. The number of nitrogens with one attached hydrogen (secondary N) is 1. The first-order valence-electron chi connectivity index (χ1n) is 9.94. The first kappa shape index (κ1) is 21.8. The molecule has 0 fully saturated rings. The van der Waals surface area contributed by atoms with E-state index < -0.39 is 0 Å². The summed E-state index contributed by atoms with van der Waals surface area (Å²) in [6, 6.07) is 16.3. The number of ether oxygens (including phenoxy) is 2. The molecule has 0 spiro atoms. The molecule has 158 valence electrons. The zero-order valence-corrected chi connectivity index (χ0v) is 17.5. The number of para-hydroxylation sites is 1. The van der Waals surface area contributed by atoms with Crippen molar-refractivity contribution in [1.29, 1.82) is 0 Å². The molecule has 0 radical (unpaired) electrons. The van der Waals surface area contributed by atoms with Crippen molar-refractivity contribution in [2.75, 3.05) is 18.5 Å². The predicted molar refractivity (Wildman–Crippen MR) is 121 cm³/mol. The van der Waals surface area contributed by atoms with Crippen LogP contribution in [0, 0.1) is 6.92 Å². The number of pyridine rings is 1. The molecular weight excluding hydrogens is 392 g/mol. The van der Waals surface area contributed by atoms with Crippen LogP contribution in [0.1, 0.15) is 28.4 Å². The van der Waals surface area contributed by atoms with Crippen LogP contribution in [0.25, 0.3) is 6.08 Å². The Hall–Kier alpha value is -3.93. The van der Waals surface area contributed by atoms with Crippen LogP contribution in [0.2, 0.25) is 0 Å². The van der Waals surface area contributed by atoms with Gasteiger partial charge in [0.15, 0.2) is 23.9 Å². The van der Waals surface area contributed by atoms with Gasteiger partial charge in [0.25, 0.3) is 5.91 Å². The summed E-state index contributed by atoms with van der Waals surface area (Å²) in [6.45, 7) is 4.08. The molecule has 1 heterocycles. The molecule has 0 atom stereocenters. The average Bonchev–Trinajstić information content (AvgIpc) is 2.79. The van der Waals surface area contributed by atoms with E-state index in [1.54, 1.807) is 42.6 Å². The number of aromatic nitrogens is 1. The summed E-state index contributed by atoms with van der Waals surface area (Å²) in [5.41, 5.74) is 3.02. The summed E-state index contributed by atoms with van der Waals surface area (Å²) < 4.78 is 11.3. The Morgan fingerprint density at radius 1 is 1.03 bits per heavy atom. The molecule has 2 aromatic carbocycles. The topological polar surface area (TPSA) is 77.5 Å². The van der Waals surface area contributed by atoms with Gasteiger partial charge in [0, 0.05) is 23.6 Å². The molecule has 0 unspecified atom stereocenters. The predicted octanol–water partition coefficient (Wildman–Crippen LogP) is 4.70. The average molecular weight is 416 g/mol. The molecule has 1 aromatic heterocycles. The number of allylic oxidation sites excluding steroid dienone is 1. The molecule has 3 rings (SSSR count). The Morgan fingerprint density at radius 3 is 2.61 bits per heavy atom. The molecule has 0 saturated carbocycles. The maximum absolute atomic E-state index is 12.3.